The number of carbonyl (C=O) groups excluding carboxylic acids is 2. The summed E-state index contributed by atoms with van der Waals surface area (Å²) in [7, 11) is 0. The van der Waals surface area contributed by atoms with Crippen LogP contribution in [0, 0.1) is 13.8 Å². The third kappa shape index (κ3) is 3.96. The van der Waals surface area contributed by atoms with Crippen molar-refractivity contribution >= 4 is 22.8 Å². The van der Waals surface area contributed by atoms with Gasteiger partial charge in [0.15, 0.2) is 0 Å². The smallest absolute Gasteiger partial charge is 0.256 e. The Morgan fingerprint density at radius 1 is 1.32 bits per heavy atom. The number of rotatable bonds is 7. The van der Waals surface area contributed by atoms with Gasteiger partial charge < -0.3 is 25.3 Å². The van der Waals surface area contributed by atoms with Crippen molar-refractivity contribution in [3.63, 3.8) is 0 Å². The minimum Gasteiger partial charge on any atom is -0.489 e. The first kappa shape index (κ1) is 19.4. The normalized spacial score (nSPS) is 12.0. The second-order valence-corrected chi connectivity index (χ2v) is 6.34. The topological polar surface area (TPSA) is 128 Å². The summed E-state index contributed by atoms with van der Waals surface area (Å²) in [4.78, 5) is 28.1. The maximum atomic E-state index is 12.6. The lowest BCUT2D eigenvalue weighted by Gasteiger charge is -2.12. The summed E-state index contributed by atoms with van der Waals surface area (Å²) in [6.07, 6.45) is 1.72. The number of aliphatic hydroxyl groups is 1. The molecule has 8 nitrogen and oxygen atoms in total. The average molecular weight is 383 g/mol. The number of fused-ring (bicyclic) bond motifs is 1. The monoisotopic (exact) mass is 383 g/mol. The number of nitrogens with zero attached hydrogens (tertiary/aromatic N) is 1. The summed E-state index contributed by atoms with van der Waals surface area (Å²) < 4.78 is 11.5. The van der Waals surface area contributed by atoms with Crippen molar-refractivity contribution in [1.82, 2.24) is 10.3 Å². The molecular formula is C20H21N3O5. The average Bonchev–Trinajstić information content (AvgIpc) is 3.00. The van der Waals surface area contributed by atoms with E-state index in [4.69, 9.17) is 14.9 Å². The molecule has 1 aromatic carbocycles. The highest BCUT2D eigenvalue weighted by Gasteiger charge is 2.23. The molecule has 3 aromatic rings. The molecule has 0 unspecified atom stereocenters. The number of nitrogens with two attached hydrogens (primary N) is 1. The van der Waals surface area contributed by atoms with Crippen LogP contribution in [-0.2, 0) is 11.4 Å². The fourth-order valence-corrected chi connectivity index (χ4v) is 2.84. The molecule has 0 bridgehead atoms. The van der Waals surface area contributed by atoms with Crippen LogP contribution in [0.1, 0.15) is 27.4 Å². The van der Waals surface area contributed by atoms with Gasteiger partial charge in [0.25, 0.3) is 5.91 Å². The van der Waals surface area contributed by atoms with Crippen LogP contribution >= 0.6 is 0 Å². The van der Waals surface area contributed by atoms with Gasteiger partial charge in [-0.3, -0.25) is 14.6 Å². The molecular weight excluding hydrogens is 362 g/mol. The molecule has 0 aliphatic rings. The number of amides is 2. The number of carbonyl (C=O) groups is 2. The van der Waals surface area contributed by atoms with Crippen molar-refractivity contribution in [3.8, 4) is 5.75 Å². The summed E-state index contributed by atoms with van der Waals surface area (Å²) in [5.74, 6) is -0.445. The van der Waals surface area contributed by atoms with Crippen LogP contribution < -0.4 is 15.8 Å². The third-order valence-electron chi connectivity index (χ3n) is 4.40. The van der Waals surface area contributed by atoms with Crippen LogP contribution in [0.25, 0.3) is 11.0 Å². The number of furan rings is 1. The van der Waals surface area contributed by atoms with Gasteiger partial charge in [0.05, 0.1) is 12.2 Å². The first-order valence-electron chi connectivity index (χ1n) is 8.68. The fourth-order valence-electron chi connectivity index (χ4n) is 2.84. The molecule has 0 saturated carbocycles. The number of hydrogen-bond acceptors (Lipinski definition) is 6. The zero-order valence-electron chi connectivity index (χ0n) is 15.6. The summed E-state index contributed by atoms with van der Waals surface area (Å²) >= 11 is 0. The number of pyridine rings is 1. The first-order valence-corrected chi connectivity index (χ1v) is 8.68. The lowest BCUT2D eigenvalue weighted by molar-refractivity contribution is -0.120. The van der Waals surface area contributed by atoms with Gasteiger partial charge in [-0.1, -0.05) is 6.07 Å². The van der Waals surface area contributed by atoms with Crippen molar-refractivity contribution in [2.24, 2.45) is 5.73 Å². The van der Waals surface area contributed by atoms with Crippen molar-refractivity contribution < 1.29 is 23.8 Å². The van der Waals surface area contributed by atoms with Gasteiger partial charge in [0.2, 0.25) is 5.91 Å². The van der Waals surface area contributed by atoms with E-state index in [1.807, 2.05) is 19.1 Å². The number of benzene rings is 1. The fraction of sp³-hybridized carbons (Fsp3) is 0.250. The lowest BCUT2D eigenvalue weighted by atomic mass is 10.1. The zero-order valence-corrected chi connectivity index (χ0v) is 15.6. The summed E-state index contributed by atoms with van der Waals surface area (Å²) in [6.45, 7) is 3.29. The molecule has 0 spiro atoms. The Kier molecular flexibility index (Phi) is 5.60. The number of aryl methyl sites for hydroxylation is 2. The summed E-state index contributed by atoms with van der Waals surface area (Å²) in [5.41, 5.74) is 7.77. The van der Waals surface area contributed by atoms with Gasteiger partial charge in [0.1, 0.15) is 29.7 Å². The number of primary amides is 1. The number of ether oxygens (including phenoxy) is 1. The maximum absolute atomic E-state index is 12.6. The van der Waals surface area contributed by atoms with Gasteiger partial charge in [-0.25, -0.2) is 0 Å². The van der Waals surface area contributed by atoms with Gasteiger partial charge in [-0.05, 0) is 38.1 Å². The molecule has 28 heavy (non-hydrogen) atoms. The van der Waals surface area contributed by atoms with Crippen LogP contribution in [0.5, 0.6) is 5.75 Å². The van der Waals surface area contributed by atoms with Crippen LogP contribution in [-0.4, -0.2) is 34.6 Å². The molecule has 2 amide bonds. The number of hydrogen-bond donors (Lipinski definition) is 3. The minimum absolute atomic E-state index is 0.262. The van der Waals surface area contributed by atoms with Crippen molar-refractivity contribution in [2.45, 2.75) is 26.5 Å². The van der Waals surface area contributed by atoms with Crippen LogP contribution in [0.15, 0.2) is 40.9 Å². The molecule has 3 rings (SSSR count). The van der Waals surface area contributed by atoms with Crippen LogP contribution in [0.4, 0.5) is 0 Å². The second-order valence-electron chi connectivity index (χ2n) is 6.34. The Morgan fingerprint density at radius 2 is 2.11 bits per heavy atom. The maximum Gasteiger partial charge on any atom is 0.256 e. The Bertz CT molecular complexity index is 1030. The molecule has 2 heterocycles. The molecule has 0 aliphatic carbocycles. The Labute approximate surface area is 161 Å². The molecule has 0 aliphatic heterocycles. The second kappa shape index (κ2) is 8.10. The first-order chi connectivity index (χ1) is 13.4. The predicted molar refractivity (Wildman–Crippen MR) is 102 cm³/mol. The quantitative estimate of drug-likeness (QED) is 0.569. The lowest BCUT2D eigenvalue weighted by Crippen LogP contribution is -2.46. The zero-order chi connectivity index (χ0) is 20.3. The molecule has 146 valence electrons. The van der Waals surface area contributed by atoms with Gasteiger partial charge in [0, 0.05) is 22.8 Å². The van der Waals surface area contributed by atoms with E-state index in [0.29, 0.717) is 29.1 Å². The molecule has 0 radical (unpaired) electrons. The molecule has 4 N–H and O–H groups in total. The van der Waals surface area contributed by atoms with E-state index >= 15 is 0 Å². The van der Waals surface area contributed by atoms with E-state index in [2.05, 4.69) is 10.3 Å². The number of aromatic nitrogens is 1. The molecule has 1 atom stereocenters. The van der Waals surface area contributed by atoms with Crippen molar-refractivity contribution in [1.29, 1.82) is 0 Å². The van der Waals surface area contributed by atoms with E-state index in [1.54, 1.807) is 31.3 Å². The molecule has 0 fully saturated rings. The summed E-state index contributed by atoms with van der Waals surface area (Å²) in [6, 6.07) is 7.75. The Hall–Kier alpha value is -3.39. The third-order valence-corrected chi connectivity index (χ3v) is 4.40. The number of aliphatic hydroxyl groups excluding tert-OH is 1. The predicted octanol–water partition coefficient (Wildman–Crippen LogP) is 1.60. The number of nitrogens with one attached hydrogen (secondary N) is 1. The standard InChI is InChI=1S/C20H21N3O5/c1-11-13(4-3-7-22-11)10-27-14-5-6-17-15(8-14)18(12(2)28-17)20(26)23-16(9-24)19(21)25/h3-8,16,24H,9-10H2,1-2H3,(H2,21,25)(H,23,26)/t16-/m0/s1. The SMILES string of the molecule is Cc1ncccc1COc1ccc2oc(C)c(C(=O)N[C@@H](CO)C(N)=O)c2c1. The highest BCUT2D eigenvalue weighted by atomic mass is 16.5. The molecule has 0 saturated heterocycles. The van der Waals surface area contributed by atoms with Crippen LogP contribution in [0.3, 0.4) is 0 Å². The largest absolute Gasteiger partial charge is 0.489 e. The van der Waals surface area contributed by atoms with E-state index < -0.39 is 24.5 Å². The van der Waals surface area contributed by atoms with E-state index in [1.165, 1.54) is 0 Å². The van der Waals surface area contributed by atoms with E-state index in [0.717, 1.165) is 11.3 Å². The highest BCUT2D eigenvalue weighted by Crippen LogP contribution is 2.29. The minimum atomic E-state index is -1.18. The van der Waals surface area contributed by atoms with E-state index in [-0.39, 0.29) is 5.56 Å². The molecule has 2 aromatic heterocycles. The van der Waals surface area contributed by atoms with Gasteiger partial charge >= 0.3 is 0 Å². The van der Waals surface area contributed by atoms with Crippen molar-refractivity contribution in [3.05, 3.63) is 59.1 Å². The van der Waals surface area contributed by atoms with Crippen LogP contribution in [0.2, 0.25) is 0 Å². The molecule has 8 heteroatoms. The van der Waals surface area contributed by atoms with Gasteiger partial charge in [-0.2, -0.15) is 0 Å². The Morgan fingerprint density at radius 3 is 2.79 bits per heavy atom. The highest BCUT2D eigenvalue weighted by molar-refractivity contribution is 6.08. The Balaban J connectivity index is 1.86. The summed E-state index contributed by atoms with van der Waals surface area (Å²) in [5, 5.41) is 12.2. The van der Waals surface area contributed by atoms with E-state index in [9.17, 15) is 14.7 Å². The van der Waals surface area contributed by atoms with Crippen molar-refractivity contribution in [2.75, 3.05) is 6.61 Å². The van der Waals surface area contributed by atoms with Gasteiger partial charge in [-0.15, -0.1) is 0 Å².